The summed E-state index contributed by atoms with van der Waals surface area (Å²) < 4.78 is 0. The van der Waals surface area contributed by atoms with Crippen molar-refractivity contribution in [2.75, 3.05) is 6.54 Å². The molecule has 0 aliphatic rings. The molecule has 0 saturated carbocycles. The third-order valence-corrected chi connectivity index (χ3v) is 6.49. The number of amides is 3. The summed E-state index contributed by atoms with van der Waals surface area (Å²) >= 11 is 0. The summed E-state index contributed by atoms with van der Waals surface area (Å²) in [4.78, 5) is 62.1. The molecule has 0 fully saturated rings. The molecule has 13 heteroatoms. The Balaban J connectivity index is 2.21. The van der Waals surface area contributed by atoms with Crippen LogP contribution in [0.3, 0.4) is 0 Å². The fourth-order valence-corrected chi connectivity index (χ4v) is 4.15. The monoisotopic (exact) mass is 585 g/mol. The first kappa shape index (κ1) is 33.7. The van der Waals surface area contributed by atoms with Crippen molar-refractivity contribution < 1.29 is 39.3 Å². The second-order valence-corrected chi connectivity index (χ2v) is 9.91. The summed E-state index contributed by atoms with van der Waals surface area (Å²) in [5.41, 5.74) is 13.1. The van der Waals surface area contributed by atoms with Crippen LogP contribution >= 0.6 is 0 Å². The highest BCUT2D eigenvalue weighted by molar-refractivity contribution is 5.94. The Bertz CT molecular complexity index is 1190. The van der Waals surface area contributed by atoms with Gasteiger partial charge in [0.1, 0.15) is 23.9 Å². The number of aromatic hydroxyl groups is 1. The molecule has 0 bridgehead atoms. The zero-order valence-corrected chi connectivity index (χ0v) is 23.2. The van der Waals surface area contributed by atoms with E-state index in [1.807, 2.05) is 0 Å². The van der Waals surface area contributed by atoms with E-state index in [9.17, 15) is 34.2 Å². The summed E-state index contributed by atoms with van der Waals surface area (Å²) in [7, 11) is 0. The van der Waals surface area contributed by atoms with Gasteiger partial charge in [0.15, 0.2) is 0 Å². The highest BCUT2D eigenvalue weighted by Crippen LogP contribution is 2.12. The fourth-order valence-electron chi connectivity index (χ4n) is 4.15. The van der Waals surface area contributed by atoms with E-state index in [4.69, 9.17) is 16.6 Å². The molecule has 2 rings (SSSR count). The van der Waals surface area contributed by atoms with Gasteiger partial charge in [-0.25, -0.2) is 4.79 Å². The zero-order valence-electron chi connectivity index (χ0n) is 23.2. The van der Waals surface area contributed by atoms with Gasteiger partial charge in [-0.05, 0) is 61.9 Å². The standard InChI is InChI=1S/C29H39N5O8/c30-15-5-4-8-22(27(39)33-23(29(41)42)13-14-25(36)37)32-28(40)24(17-18-6-2-1-3-7-18)34-26(38)21(31)16-19-9-11-20(35)12-10-19/h1-3,6-7,9-12,21-24,35H,4-5,8,13-17,30-31H2,(H,32,40)(H,33,39)(H,34,38)(H,36,37)(H,41,42). The number of benzene rings is 2. The lowest BCUT2D eigenvalue weighted by Gasteiger charge is -2.25. The lowest BCUT2D eigenvalue weighted by atomic mass is 10.0. The van der Waals surface area contributed by atoms with Gasteiger partial charge < -0.3 is 42.7 Å². The lowest BCUT2D eigenvalue weighted by Crippen LogP contribution is -2.57. The average molecular weight is 586 g/mol. The van der Waals surface area contributed by atoms with Crippen molar-refractivity contribution in [3.63, 3.8) is 0 Å². The predicted molar refractivity (Wildman–Crippen MR) is 153 cm³/mol. The Morgan fingerprint density at radius 2 is 1.26 bits per heavy atom. The zero-order chi connectivity index (χ0) is 31.1. The molecule has 2 aromatic carbocycles. The number of rotatable bonds is 18. The molecule has 10 N–H and O–H groups in total. The van der Waals surface area contributed by atoms with Gasteiger partial charge in [-0.1, -0.05) is 42.5 Å². The SMILES string of the molecule is NCCCCC(NC(=O)C(Cc1ccccc1)NC(=O)C(N)Cc1ccc(O)cc1)C(=O)NC(CCC(=O)O)C(=O)O. The van der Waals surface area contributed by atoms with Crippen molar-refractivity contribution in [3.05, 3.63) is 65.7 Å². The van der Waals surface area contributed by atoms with E-state index in [2.05, 4.69) is 16.0 Å². The van der Waals surface area contributed by atoms with E-state index in [1.165, 1.54) is 12.1 Å². The largest absolute Gasteiger partial charge is 0.508 e. The number of aliphatic carboxylic acids is 2. The average Bonchev–Trinajstić information content (AvgIpc) is 2.95. The van der Waals surface area contributed by atoms with Gasteiger partial charge in [-0.2, -0.15) is 0 Å². The van der Waals surface area contributed by atoms with Crippen LogP contribution in [0, 0.1) is 0 Å². The normalized spacial score (nSPS) is 13.7. The van der Waals surface area contributed by atoms with E-state index >= 15 is 0 Å². The number of phenolic OH excluding ortho intramolecular Hbond substituents is 1. The molecule has 0 aromatic heterocycles. The maximum absolute atomic E-state index is 13.5. The molecule has 228 valence electrons. The number of carboxylic acid groups (broad SMARTS) is 2. The summed E-state index contributed by atoms with van der Waals surface area (Å²) in [5.74, 6) is -4.65. The topological polar surface area (TPSA) is 234 Å². The third-order valence-electron chi connectivity index (χ3n) is 6.49. The van der Waals surface area contributed by atoms with Gasteiger partial charge >= 0.3 is 11.9 Å². The van der Waals surface area contributed by atoms with Gasteiger partial charge in [0.25, 0.3) is 0 Å². The van der Waals surface area contributed by atoms with E-state index < -0.39 is 60.2 Å². The number of carbonyl (C=O) groups excluding carboxylic acids is 3. The highest BCUT2D eigenvalue weighted by Gasteiger charge is 2.30. The van der Waals surface area contributed by atoms with Crippen LogP contribution in [0.5, 0.6) is 5.75 Å². The first-order valence-corrected chi connectivity index (χ1v) is 13.6. The van der Waals surface area contributed by atoms with Crippen molar-refractivity contribution in [1.29, 1.82) is 0 Å². The molecule has 13 nitrogen and oxygen atoms in total. The van der Waals surface area contributed by atoms with Crippen LogP contribution in [0.4, 0.5) is 0 Å². The predicted octanol–water partition coefficient (Wildman–Crippen LogP) is 0.0375. The van der Waals surface area contributed by atoms with Crippen molar-refractivity contribution in [1.82, 2.24) is 16.0 Å². The van der Waals surface area contributed by atoms with E-state index in [0.29, 0.717) is 24.9 Å². The minimum absolute atomic E-state index is 0.0676. The molecule has 4 unspecified atom stereocenters. The molecular formula is C29H39N5O8. The number of carboxylic acids is 2. The first-order chi connectivity index (χ1) is 20.0. The molecule has 2 aromatic rings. The van der Waals surface area contributed by atoms with E-state index in [1.54, 1.807) is 42.5 Å². The van der Waals surface area contributed by atoms with Gasteiger partial charge in [-0.3, -0.25) is 19.2 Å². The lowest BCUT2D eigenvalue weighted by molar-refractivity contribution is -0.143. The molecule has 42 heavy (non-hydrogen) atoms. The molecule has 4 atom stereocenters. The Hall–Kier alpha value is -4.49. The van der Waals surface area contributed by atoms with Crippen molar-refractivity contribution in [2.24, 2.45) is 11.5 Å². The second-order valence-electron chi connectivity index (χ2n) is 9.91. The Morgan fingerprint density at radius 3 is 1.86 bits per heavy atom. The van der Waals surface area contributed by atoms with Crippen LogP contribution in [0.1, 0.15) is 43.2 Å². The number of unbranched alkanes of at least 4 members (excludes halogenated alkanes) is 1. The van der Waals surface area contributed by atoms with E-state index in [0.717, 1.165) is 5.56 Å². The molecule has 0 heterocycles. The van der Waals surface area contributed by atoms with Crippen LogP contribution in [-0.4, -0.2) is 75.7 Å². The molecule has 0 spiro atoms. The summed E-state index contributed by atoms with van der Waals surface area (Å²) in [6, 6.07) is 10.3. The second kappa shape index (κ2) is 17.4. The van der Waals surface area contributed by atoms with Gasteiger partial charge in [0, 0.05) is 12.8 Å². The minimum Gasteiger partial charge on any atom is -0.508 e. The van der Waals surface area contributed by atoms with Crippen molar-refractivity contribution in [3.8, 4) is 5.75 Å². The Morgan fingerprint density at radius 1 is 0.690 bits per heavy atom. The van der Waals surface area contributed by atoms with Crippen LogP contribution < -0.4 is 27.4 Å². The Kier molecular flexibility index (Phi) is 13.9. The van der Waals surface area contributed by atoms with Crippen LogP contribution in [0.25, 0.3) is 0 Å². The van der Waals surface area contributed by atoms with Gasteiger partial charge in [-0.15, -0.1) is 0 Å². The quantitative estimate of drug-likeness (QED) is 0.109. The van der Waals surface area contributed by atoms with Crippen molar-refractivity contribution >= 4 is 29.7 Å². The number of phenols is 1. The van der Waals surface area contributed by atoms with E-state index in [-0.39, 0.29) is 31.4 Å². The van der Waals surface area contributed by atoms with Gasteiger partial charge in [0.05, 0.1) is 6.04 Å². The van der Waals surface area contributed by atoms with Crippen LogP contribution in [0.15, 0.2) is 54.6 Å². The minimum atomic E-state index is -1.47. The fraction of sp³-hybridized carbons (Fsp3) is 0.414. The smallest absolute Gasteiger partial charge is 0.326 e. The number of hydrogen-bond donors (Lipinski definition) is 8. The third kappa shape index (κ3) is 11.9. The maximum atomic E-state index is 13.5. The number of nitrogens with two attached hydrogens (primary N) is 2. The number of nitrogens with one attached hydrogen (secondary N) is 3. The summed E-state index contributed by atoms with van der Waals surface area (Å²) in [6.07, 6.45) is 0.516. The molecule has 0 aliphatic carbocycles. The highest BCUT2D eigenvalue weighted by atomic mass is 16.4. The number of carbonyl (C=O) groups is 5. The molecule has 3 amide bonds. The Labute approximate surface area is 243 Å². The maximum Gasteiger partial charge on any atom is 0.326 e. The molecule has 0 radical (unpaired) electrons. The van der Waals surface area contributed by atoms with Gasteiger partial charge in [0.2, 0.25) is 17.7 Å². The molecular weight excluding hydrogens is 546 g/mol. The number of hydrogen-bond acceptors (Lipinski definition) is 8. The molecule has 0 aliphatic heterocycles. The summed E-state index contributed by atoms with van der Waals surface area (Å²) in [5, 5.41) is 35.4. The van der Waals surface area contributed by atoms with Crippen LogP contribution in [0.2, 0.25) is 0 Å². The van der Waals surface area contributed by atoms with Crippen molar-refractivity contribution in [2.45, 2.75) is 69.1 Å². The first-order valence-electron chi connectivity index (χ1n) is 13.6. The summed E-state index contributed by atoms with van der Waals surface area (Å²) in [6.45, 7) is 0.338. The van der Waals surface area contributed by atoms with Crippen LogP contribution in [-0.2, 0) is 36.8 Å². The molecule has 0 saturated heterocycles.